The molecule has 0 spiro atoms. The third-order valence-electron chi connectivity index (χ3n) is 4.99. The van der Waals surface area contributed by atoms with E-state index in [4.69, 9.17) is 5.26 Å². The molecule has 0 saturated carbocycles. The standard InChI is InChI=1S/C26H20FN3/c27-24-12-10-23(11-13-24)26(22-8-6-20(16-28)7-9-22)15-14-25-17-29-19-30(25)18-21-4-2-1-3-5-21/h1-13,15,17,19H,14,18H2/b26-15-. The maximum absolute atomic E-state index is 13.5. The lowest BCUT2D eigenvalue weighted by Crippen LogP contribution is -2.03. The van der Waals surface area contributed by atoms with Crippen LogP contribution in [0.15, 0.2) is 97.5 Å². The number of aromatic nitrogens is 2. The number of nitrogens with zero attached hydrogens (tertiary/aromatic N) is 3. The molecule has 3 aromatic carbocycles. The number of nitriles is 1. The first-order valence-corrected chi connectivity index (χ1v) is 9.72. The lowest BCUT2D eigenvalue weighted by atomic mass is 9.96. The van der Waals surface area contributed by atoms with E-state index in [2.05, 4.69) is 33.8 Å². The first-order chi connectivity index (χ1) is 14.7. The van der Waals surface area contributed by atoms with E-state index in [1.165, 1.54) is 17.7 Å². The highest BCUT2D eigenvalue weighted by molar-refractivity contribution is 5.80. The second-order valence-corrected chi connectivity index (χ2v) is 7.02. The van der Waals surface area contributed by atoms with Crippen LogP contribution in [0.25, 0.3) is 5.57 Å². The Morgan fingerprint density at radius 1 is 0.933 bits per heavy atom. The van der Waals surface area contributed by atoms with E-state index < -0.39 is 0 Å². The number of rotatable bonds is 6. The van der Waals surface area contributed by atoms with Crippen LogP contribution in [0.2, 0.25) is 0 Å². The maximum atomic E-state index is 13.5. The van der Waals surface area contributed by atoms with Crippen LogP contribution < -0.4 is 0 Å². The van der Waals surface area contributed by atoms with Crippen molar-refractivity contribution in [3.05, 3.63) is 131 Å². The Hall–Kier alpha value is -3.97. The Balaban J connectivity index is 1.65. The molecule has 0 aliphatic rings. The number of allylic oxidation sites excluding steroid dienone is 1. The third kappa shape index (κ3) is 4.53. The minimum atomic E-state index is -0.265. The quantitative estimate of drug-likeness (QED) is 0.427. The fourth-order valence-electron chi connectivity index (χ4n) is 3.40. The molecule has 1 aromatic heterocycles. The van der Waals surface area contributed by atoms with Crippen molar-refractivity contribution in [1.29, 1.82) is 5.26 Å². The lowest BCUT2D eigenvalue weighted by Gasteiger charge is -2.11. The Morgan fingerprint density at radius 2 is 1.60 bits per heavy atom. The van der Waals surface area contributed by atoms with Gasteiger partial charge in [0.2, 0.25) is 0 Å². The van der Waals surface area contributed by atoms with Gasteiger partial charge in [-0.1, -0.05) is 60.7 Å². The van der Waals surface area contributed by atoms with E-state index in [0.717, 1.165) is 28.9 Å². The van der Waals surface area contributed by atoms with Gasteiger partial charge in [0.15, 0.2) is 0 Å². The predicted octanol–water partition coefficient (Wildman–Crippen LogP) is 5.62. The SMILES string of the molecule is N#Cc1ccc(/C(=C/Cc2cncn2Cc2ccccc2)c2ccc(F)cc2)cc1. The van der Waals surface area contributed by atoms with Gasteiger partial charge < -0.3 is 4.57 Å². The van der Waals surface area contributed by atoms with Crippen LogP contribution in [-0.2, 0) is 13.0 Å². The van der Waals surface area contributed by atoms with E-state index in [9.17, 15) is 4.39 Å². The van der Waals surface area contributed by atoms with Gasteiger partial charge >= 0.3 is 0 Å². The molecule has 0 aliphatic heterocycles. The van der Waals surface area contributed by atoms with E-state index in [-0.39, 0.29) is 5.82 Å². The summed E-state index contributed by atoms with van der Waals surface area (Å²) in [6.07, 6.45) is 6.53. The zero-order valence-electron chi connectivity index (χ0n) is 16.4. The van der Waals surface area contributed by atoms with Crippen molar-refractivity contribution in [3.8, 4) is 6.07 Å². The molecule has 0 fully saturated rings. The molecule has 1 heterocycles. The van der Waals surface area contributed by atoms with Crippen molar-refractivity contribution in [1.82, 2.24) is 9.55 Å². The summed E-state index contributed by atoms with van der Waals surface area (Å²) >= 11 is 0. The largest absolute Gasteiger partial charge is 0.330 e. The smallest absolute Gasteiger partial charge is 0.123 e. The number of hydrogen-bond acceptors (Lipinski definition) is 2. The molecule has 0 atom stereocenters. The van der Waals surface area contributed by atoms with Crippen molar-refractivity contribution >= 4 is 5.57 Å². The molecule has 4 rings (SSSR count). The lowest BCUT2D eigenvalue weighted by molar-refractivity contribution is 0.627. The highest BCUT2D eigenvalue weighted by Gasteiger charge is 2.08. The molecule has 3 nitrogen and oxygen atoms in total. The molecule has 0 unspecified atom stereocenters. The first-order valence-electron chi connectivity index (χ1n) is 9.72. The maximum Gasteiger partial charge on any atom is 0.123 e. The number of imidazole rings is 1. The Bertz CT molecular complexity index is 1180. The van der Waals surface area contributed by atoms with Crippen molar-refractivity contribution in [3.63, 3.8) is 0 Å². The topological polar surface area (TPSA) is 41.6 Å². The van der Waals surface area contributed by atoms with E-state index in [1.54, 1.807) is 24.3 Å². The summed E-state index contributed by atoms with van der Waals surface area (Å²) in [5.41, 5.74) is 5.81. The van der Waals surface area contributed by atoms with Gasteiger partial charge in [-0.05, 0) is 46.5 Å². The van der Waals surface area contributed by atoms with Crippen LogP contribution in [0.3, 0.4) is 0 Å². The van der Waals surface area contributed by atoms with Gasteiger partial charge in [-0.2, -0.15) is 5.26 Å². The molecule has 146 valence electrons. The predicted molar refractivity (Wildman–Crippen MR) is 116 cm³/mol. The van der Waals surface area contributed by atoms with Gasteiger partial charge in [0.05, 0.1) is 18.0 Å². The summed E-state index contributed by atoms with van der Waals surface area (Å²) in [5.74, 6) is -0.265. The van der Waals surface area contributed by atoms with Crippen molar-refractivity contribution in [2.24, 2.45) is 0 Å². The molecule has 4 heteroatoms. The molecule has 30 heavy (non-hydrogen) atoms. The molecule has 0 amide bonds. The zero-order valence-corrected chi connectivity index (χ0v) is 16.4. The van der Waals surface area contributed by atoms with Gasteiger partial charge in [0.1, 0.15) is 5.82 Å². The fourth-order valence-corrected chi connectivity index (χ4v) is 3.40. The molecule has 4 aromatic rings. The van der Waals surface area contributed by atoms with Crippen LogP contribution in [-0.4, -0.2) is 9.55 Å². The zero-order chi connectivity index (χ0) is 20.8. The summed E-state index contributed by atoms with van der Waals surface area (Å²) in [6.45, 7) is 0.757. The second kappa shape index (κ2) is 9.02. The summed E-state index contributed by atoms with van der Waals surface area (Å²) in [4.78, 5) is 4.32. The molecule has 0 radical (unpaired) electrons. The summed E-state index contributed by atoms with van der Waals surface area (Å²) in [7, 11) is 0. The molecule has 0 saturated heterocycles. The van der Waals surface area contributed by atoms with Crippen LogP contribution in [0.4, 0.5) is 4.39 Å². The minimum Gasteiger partial charge on any atom is -0.330 e. The van der Waals surface area contributed by atoms with Gasteiger partial charge in [0, 0.05) is 24.9 Å². The van der Waals surface area contributed by atoms with Crippen LogP contribution in [0.5, 0.6) is 0 Å². The molecular formula is C26H20FN3. The van der Waals surface area contributed by atoms with Crippen molar-refractivity contribution in [2.45, 2.75) is 13.0 Å². The summed E-state index contributed by atoms with van der Waals surface area (Å²) in [5, 5.41) is 9.08. The Morgan fingerprint density at radius 3 is 2.27 bits per heavy atom. The highest BCUT2D eigenvalue weighted by Crippen LogP contribution is 2.25. The Kier molecular flexibility index (Phi) is 5.82. The average molecular weight is 393 g/mol. The molecule has 0 aliphatic carbocycles. The highest BCUT2D eigenvalue weighted by atomic mass is 19.1. The molecule has 0 N–H and O–H groups in total. The normalized spacial score (nSPS) is 11.3. The summed E-state index contributed by atoms with van der Waals surface area (Å²) < 4.78 is 15.6. The van der Waals surface area contributed by atoms with Crippen LogP contribution >= 0.6 is 0 Å². The van der Waals surface area contributed by atoms with E-state index in [1.807, 2.05) is 42.9 Å². The van der Waals surface area contributed by atoms with Crippen molar-refractivity contribution < 1.29 is 4.39 Å². The van der Waals surface area contributed by atoms with Gasteiger partial charge in [-0.15, -0.1) is 0 Å². The van der Waals surface area contributed by atoms with Crippen LogP contribution in [0, 0.1) is 17.1 Å². The molecule has 0 bridgehead atoms. The number of halogens is 1. The molecular weight excluding hydrogens is 373 g/mol. The van der Waals surface area contributed by atoms with Gasteiger partial charge in [-0.3, -0.25) is 0 Å². The fraction of sp³-hybridized carbons (Fsp3) is 0.0769. The van der Waals surface area contributed by atoms with Gasteiger partial charge in [-0.25, -0.2) is 9.37 Å². The summed E-state index contributed by atoms with van der Waals surface area (Å²) in [6, 6.07) is 26.3. The average Bonchev–Trinajstić information content (AvgIpc) is 3.23. The Labute approximate surface area is 175 Å². The van der Waals surface area contributed by atoms with Crippen LogP contribution in [0.1, 0.15) is 27.9 Å². The third-order valence-corrected chi connectivity index (χ3v) is 4.99. The second-order valence-electron chi connectivity index (χ2n) is 7.02. The number of benzene rings is 3. The van der Waals surface area contributed by atoms with Gasteiger partial charge in [0.25, 0.3) is 0 Å². The van der Waals surface area contributed by atoms with E-state index >= 15 is 0 Å². The minimum absolute atomic E-state index is 0.265. The first kappa shape index (κ1) is 19.4. The van der Waals surface area contributed by atoms with Crippen molar-refractivity contribution in [2.75, 3.05) is 0 Å². The van der Waals surface area contributed by atoms with E-state index in [0.29, 0.717) is 12.0 Å². The number of hydrogen-bond donors (Lipinski definition) is 0. The monoisotopic (exact) mass is 393 g/mol.